The summed E-state index contributed by atoms with van der Waals surface area (Å²) in [6.45, 7) is 0. The van der Waals surface area contributed by atoms with Crippen LogP contribution in [0.2, 0.25) is 5.02 Å². The fourth-order valence-electron chi connectivity index (χ4n) is 3.63. The van der Waals surface area contributed by atoms with Crippen LogP contribution in [0.15, 0.2) is 70.3 Å². The zero-order chi connectivity index (χ0) is 25.6. The van der Waals surface area contributed by atoms with Gasteiger partial charge < -0.3 is 10.8 Å². The standard InChI is InChI=1S/C24H15ClF3N5O2S/c1-33-11-18(35-32-33)31-22(34)21-20(29)19-16(12-2-6-14(7-3-12)24(26,27)28)10-17(30-23(19)36-21)13-4-8-15(25)9-5-13/h2-11H,1H3,(H2-,29,31,32,34). The van der Waals surface area contributed by atoms with Crippen molar-refractivity contribution in [3.05, 3.63) is 76.3 Å². The van der Waals surface area contributed by atoms with Gasteiger partial charge in [-0.05, 0) is 41.5 Å². The Hall–Kier alpha value is -3.96. The number of aryl methyl sites for hydroxylation is 1. The van der Waals surface area contributed by atoms with E-state index in [1.165, 1.54) is 23.0 Å². The molecule has 5 rings (SSSR count). The molecular formula is C24H15ClF3N5O2S. The second kappa shape index (κ2) is 8.92. The molecule has 0 spiro atoms. The molecule has 0 amide bonds. The fourth-order valence-corrected chi connectivity index (χ4v) is 4.76. The number of hydrogen-bond donors (Lipinski definition) is 1. The number of benzene rings is 2. The molecule has 0 aliphatic rings. The molecule has 0 radical (unpaired) electrons. The Morgan fingerprint density at radius 3 is 2.39 bits per heavy atom. The average molecular weight is 530 g/mol. The van der Waals surface area contributed by atoms with Gasteiger partial charge in [-0.2, -0.15) is 13.2 Å². The van der Waals surface area contributed by atoms with Crippen molar-refractivity contribution >= 4 is 50.6 Å². The summed E-state index contributed by atoms with van der Waals surface area (Å²) in [5, 5.41) is 17.5. The molecule has 36 heavy (non-hydrogen) atoms. The number of nitrogens with zero attached hydrogens (tertiary/aromatic N) is 4. The van der Waals surface area contributed by atoms with Crippen molar-refractivity contribution in [2.75, 3.05) is 5.73 Å². The average Bonchev–Trinajstić information content (AvgIpc) is 3.41. The monoisotopic (exact) mass is 529 g/mol. The topological polar surface area (TPSA) is 104 Å². The number of hydrogen-bond acceptors (Lipinski definition) is 7. The van der Waals surface area contributed by atoms with Crippen LogP contribution in [0.5, 0.6) is 0 Å². The summed E-state index contributed by atoms with van der Waals surface area (Å²) in [6, 6.07) is 13.4. The summed E-state index contributed by atoms with van der Waals surface area (Å²) in [6.07, 6.45) is -3.05. The summed E-state index contributed by atoms with van der Waals surface area (Å²) in [5.41, 5.74) is 8.00. The Morgan fingerprint density at radius 2 is 1.78 bits per heavy atom. The van der Waals surface area contributed by atoms with Gasteiger partial charge in [0.1, 0.15) is 4.83 Å². The number of nitrogen functional groups attached to an aromatic ring is 1. The fraction of sp³-hybridized carbons (Fsp3) is 0.0833. The van der Waals surface area contributed by atoms with E-state index in [9.17, 15) is 18.3 Å². The molecule has 0 bridgehead atoms. The number of nitrogens with two attached hydrogens (primary N) is 1. The van der Waals surface area contributed by atoms with Gasteiger partial charge in [0.2, 0.25) is 0 Å². The molecule has 0 aliphatic carbocycles. The van der Waals surface area contributed by atoms with Crippen LogP contribution in [0.3, 0.4) is 0 Å². The minimum Gasteiger partial charge on any atom is -0.857 e. The number of aliphatic imine (C=N–C) groups is 1. The first-order valence-electron chi connectivity index (χ1n) is 10.4. The van der Waals surface area contributed by atoms with Gasteiger partial charge in [0.25, 0.3) is 6.20 Å². The van der Waals surface area contributed by atoms with Crippen LogP contribution >= 0.6 is 22.9 Å². The summed E-state index contributed by atoms with van der Waals surface area (Å²) in [5.74, 6) is -0.657. The maximum Gasteiger partial charge on any atom is 0.416 e. The molecule has 0 saturated heterocycles. The Kier molecular flexibility index (Phi) is 5.89. The van der Waals surface area contributed by atoms with Crippen LogP contribution in [-0.2, 0) is 13.2 Å². The molecule has 0 saturated carbocycles. The third-order valence-corrected chi connectivity index (χ3v) is 6.67. The first kappa shape index (κ1) is 23.8. The summed E-state index contributed by atoms with van der Waals surface area (Å²) in [7, 11) is 1.61. The summed E-state index contributed by atoms with van der Waals surface area (Å²) >= 11 is 7.04. The van der Waals surface area contributed by atoms with Crippen molar-refractivity contribution in [1.29, 1.82) is 0 Å². The van der Waals surface area contributed by atoms with E-state index in [-0.39, 0.29) is 16.4 Å². The van der Waals surface area contributed by atoms with E-state index in [1.807, 2.05) is 0 Å². The maximum absolute atomic E-state index is 13.1. The van der Waals surface area contributed by atoms with E-state index in [0.29, 0.717) is 32.1 Å². The molecule has 3 heterocycles. The van der Waals surface area contributed by atoms with Crippen molar-refractivity contribution in [3.63, 3.8) is 0 Å². The van der Waals surface area contributed by atoms with Crippen molar-refractivity contribution in [2.24, 2.45) is 12.0 Å². The van der Waals surface area contributed by atoms with Gasteiger partial charge in [0.15, 0.2) is 12.3 Å². The van der Waals surface area contributed by atoms with Crippen molar-refractivity contribution in [1.82, 2.24) is 10.3 Å². The lowest BCUT2D eigenvalue weighted by molar-refractivity contribution is -0.739. The SMILES string of the molecule is C[n+]1cc(/N=C(\[O-])c2sc3nc(-c4ccc(Cl)cc4)cc(-c4ccc(C(F)(F)F)cc4)c3c2N)on1. The molecule has 0 fully saturated rings. The molecule has 12 heteroatoms. The van der Waals surface area contributed by atoms with Gasteiger partial charge >= 0.3 is 12.1 Å². The Bertz CT molecular complexity index is 1610. The molecule has 7 nitrogen and oxygen atoms in total. The van der Waals surface area contributed by atoms with E-state index in [2.05, 4.69) is 15.2 Å². The third kappa shape index (κ3) is 4.50. The third-order valence-electron chi connectivity index (χ3n) is 5.33. The van der Waals surface area contributed by atoms with Crippen LogP contribution < -0.4 is 15.5 Å². The normalized spacial score (nSPS) is 12.4. The second-order valence-electron chi connectivity index (χ2n) is 7.79. The number of halogens is 4. The van der Waals surface area contributed by atoms with Crippen LogP contribution in [0, 0.1) is 0 Å². The van der Waals surface area contributed by atoms with Gasteiger partial charge in [-0.15, -0.1) is 11.3 Å². The molecule has 182 valence electrons. The predicted octanol–water partition coefficient (Wildman–Crippen LogP) is 5.14. The molecule has 0 unspecified atom stereocenters. The maximum atomic E-state index is 13.1. The highest BCUT2D eigenvalue weighted by Gasteiger charge is 2.30. The van der Waals surface area contributed by atoms with E-state index in [4.69, 9.17) is 21.9 Å². The van der Waals surface area contributed by atoms with Gasteiger partial charge in [0.05, 0.1) is 21.8 Å². The predicted molar refractivity (Wildman–Crippen MR) is 129 cm³/mol. The summed E-state index contributed by atoms with van der Waals surface area (Å²) < 4.78 is 45.7. The lowest BCUT2D eigenvalue weighted by Gasteiger charge is -2.11. The number of pyridine rings is 1. The highest BCUT2D eigenvalue weighted by Crippen LogP contribution is 2.42. The highest BCUT2D eigenvalue weighted by molar-refractivity contribution is 7.21. The quantitative estimate of drug-likeness (QED) is 0.197. The minimum atomic E-state index is -4.47. The van der Waals surface area contributed by atoms with Crippen molar-refractivity contribution < 1.29 is 27.5 Å². The molecule has 3 aromatic heterocycles. The van der Waals surface area contributed by atoms with Gasteiger partial charge in [-0.1, -0.05) is 40.5 Å². The van der Waals surface area contributed by atoms with Crippen LogP contribution in [0.4, 0.5) is 24.7 Å². The van der Waals surface area contributed by atoms with Gasteiger partial charge in [-0.3, -0.25) is 4.52 Å². The Labute approximate surface area is 210 Å². The zero-order valence-corrected chi connectivity index (χ0v) is 19.9. The molecule has 2 N–H and O–H groups in total. The molecule has 2 aromatic carbocycles. The first-order chi connectivity index (χ1) is 17.1. The lowest BCUT2D eigenvalue weighted by Crippen LogP contribution is -2.27. The minimum absolute atomic E-state index is 0.00266. The number of rotatable bonds is 4. The number of anilines is 1. The van der Waals surface area contributed by atoms with Gasteiger partial charge in [0, 0.05) is 21.9 Å². The molecule has 5 aromatic rings. The molecular weight excluding hydrogens is 515 g/mol. The van der Waals surface area contributed by atoms with E-state index in [1.54, 1.807) is 37.4 Å². The number of fused-ring (bicyclic) bond motifs is 1. The second-order valence-corrected chi connectivity index (χ2v) is 9.23. The molecule has 0 atom stereocenters. The largest absolute Gasteiger partial charge is 0.857 e. The lowest BCUT2D eigenvalue weighted by atomic mass is 9.98. The van der Waals surface area contributed by atoms with Crippen molar-refractivity contribution in [2.45, 2.75) is 6.18 Å². The summed E-state index contributed by atoms with van der Waals surface area (Å²) in [4.78, 5) is 9.14. The van der Waals surface area contributed by atoms with Crippen LogP contribution in [0.1, 0.15) is 10.4 Å². The van der Waals surface area contributed by atoms with Crippen LogP contribution in [-0.4, -0.2) is 16.2 Å². The first-order valence-corrected chi connectivity index (χ1v) is 11.5. The van der Waals surface area contributed by atoms with E-state index < -0.39 is 17.6 Å². The number of thiophene rings is 1. The Morgan fingerprint density at radius 1 is 1.11 bits per heavy atom. The molecule has 0 aliphatic heterocycles. The number of alkyl halides is 3. The van der Waals surface area contributed by atoms with Crippen LogP contribution in [0.25, 0.3) is 32.6 Å². The van der Waals surface area contributed by atoms with E-state index in [0.717, 1.165) is 29.0 Å². The zero-order valence-electron chi connectivity index (χ0n) is 18.4. The van der Waals surface area contributed by atoms with E-state index >= 15 is 0 Å². The van der Waals surface area contributed by atoms with Crippen molar-refractivity contribution in [3.8, 4) is 22.4 Å². The highest BCUT2D eigenvalue weighted by atomic mass is 35.5. The Balaban J connectivity index is 1.71. The van der Waals surface area contributed by atoms with Gasteiger partial charge in [-0.25, -0.2) is 9.98 Å². The smallest absolute Gasteiger partial charge is 0.416 e. The number of aromatic nitrogens is 3.